The Balaban J connectivity index is 1.45. The van der Waals surface area contributed by atoms with Crippen LogP contribution in [0.1, 0.15) is 108 Å². The summed E-state index contributed by atoms with van der Waals surface area (Å²) < 4.78 is 0. The fraction of sp³-hybridized carbons (Fsp3) is 0.731. The molecule has 1 atom stereocenters. The van der Waals surface area contributed by atoms with Crippen molar-refractivity contribution in [3.63, 3.8) is 0 Å². The summed E-state index contributed by atoms with van der Waals surface area (Å²) in [4.78, 5) is 0. The Bertz CT molecular complexity index is 597. The van der Waals surface area contributed by atoms with Gasteiger partial charge in [0.15, 0.2) is 0 Å². The molecule has 1 nitrogen and oxygen atoms in total. The lowest BCUT2D eigenvalue weighted by molar-refractivity contribution is 0.136. The molecule has 0 bridgehead atoms. The Morgan fingerprint density at radius 2 is 1.56 bits per heavy atom. The van der Waals surface area contributed by atoms with Crippen molar-refractivity contribution in [3.05, 3.63) is 35.4 Å². The highest BCUT2D eigenvalue weighted by Crippen LogP contribution is 2.45. The second-order valence-electron chi connectivity index (χ2n) is 9.44. The van der Waals surface area contributed by atoms with Crippen molar-refractivity contribution in [3.8, 4) is 6.07 Å². The topological polar surface area (TPSA) is 23.8 Å². The molecule has 0 aliphatic heterocycles. The zero-order valence-corrected chi connectivity index (χ0v) is 17.6. The summed E-state index contributed by atoms with van der Waals surface area (Å²) in [5.41, 5.74) is 2.16. The molecule has 0 radical (unpaired) electrons. The normalized spacial score (nSPS) is 29.8. The summed E-state index contributed by atoms with van der Waals surface area (Å²) >= 11 is 0. The predicted octanol–water partition coefficient (Wildman–Crippen LogP) is 7.85. The number of rotatable bonds is 7. The second kappa shape index (κ2) is 10.3. The predicted molar refractivity (Wildman–Crippen MR) is 115 cm³/mol. The van der Waals surface area contributed by atoms with Crippen molar-refractivity contribution in [1.82, 2.24) is 0 Å². The van der Waals surface area contributed by atoms with Gasteiger partial charge in [-0.25, -0.2) is 0 Å². The Labute approximate surface area is 167 Å². The molecule has 1 unspecified atom stereocenters. The fourth-order valence-electron chi connectivity index (χ4n) is 6.00. The Morgan fingerprint density at radius 1 is 0.926 bits per heavy atom. The molecule has 1 heteroatoms. The van der Waals surface area contributed by atoms with Gasteiger partial charge in [-0.1, -0.05) is 70.6 Å². The maximum atomic E-state index is 9.42. The molecule has 0 N–H and O–H groups in total. The van der Waals surface area contributed by atoms with E-state index in [-0.39, 0.29) is 0 Å². The number of benzene rings is 1. The van der Waals surface area contributed by atoms with Crippen molar-refractivity contribution in [2.24, 2.45) is 23.7 Å². The largest absolute Gasteiger partial charge is 0.192 e. The minimum Gasteiger partial charge on any atom is -0.192 e. The Hall–Kier alpha value is -1.29. The van der Waals surface area contributed by atoms with Gasteiger partial charge in [0.05, 0.1) is 11.6 Å². The number of nitrogens with zero attached hydrogens (tertiary/aromatic N) is 1. The third-order valence-electron chi connectivity index (χ3n) is 7.87. The standard InChI is InChI=1S/C26H39N/c1-3-4-5-8-21-11-13-23(14-12-21)24-17-15-22(16-18-24)20(2)26-10-7-6-9-25(26)19-27/h6-7,9-10,20-24H,3-5,8,11-18H2,1-2H3. The van der Waals surface area contributed by atoms with Gasteiger partial charge in [0.25, 0.3) is 0 Å². The fourth-order valence-corrected chi connectivity index (χ4v) is 6.00. The van der Waals surface area contributed by atoms with Gasteiger partial charge in [0.2, 0.25) is 0 Å². The van der Waals surface area contributed by atoms with Gasteiger partial charge in [0.1, 0.15) is 0 Å². The molecule has 0 spiro atoms. The van der Waals surface area contributed by atoms with Crippen LogP contribution < -0.4 is 0 Å². The molecule has 2 aliphatic carbocycles. The highest BCUT2D eigenvalue weighted by Gasteiger charge is 2.32. The van der Waals surface area contributed by atoms with E-state index in [0.717, 1.165) is 29.2 Å². The molecule has 0 saturated heterocycles. The first-order chi connectivity index (χ1) is 13.2. The smallest absolute Gasteiger partial charge is 0.0994 e. The molecule has 0 amide bonds. The average Bonchev–Trinajstić information content (AvgIpc) is 2.74. The summed E-state index contributed by atoms with van der Waals surface area (Å²) in [5, 5.41) is 9.42. The van der Waals surface area contributed by atoms with E-state index in [2.05, 4.69) is 32.0 Å². The summed E-state index contributed by atoms with van der Waals surface area (Å²) in [5.74, 6) is 4.32. The van der Waals surface area contributed by atoms with E-state index in [0.29, 0.717) is 5.92 Å². The van der Waals surface area contributed by atoms with E-state index in [1.165, 1.54) is 82.6 Å². The number of hydrogen-bond donors (Lipinski definition) is 0. The van der Waals surface area contributed by atoms with Gasteiger partial charge in [-0.2, -0.15) is 5.26 Å². The van der Waals surface area contributed by atoms with Crippen LogP contribution in [0, 0.1) is 35.0 Å². The monoisotopic (exact) mass is 365 g/mol. The maximum absolute atomic E-state index is 9.42. The van der Waals surface area contributed by atoms with E-state index >= 15 is 0 Å². The van der Waals surface area contributed by atoms with E-state index in [9.17, 15) is 5.26 Å². The molecule has 2 aliphatic rings. The second-order valence-corrected chi connectivity index (χ2v) is 9.44. The van der Waals surface area contributed by atoms with Crippen molar-refractivity contribution >= 4 is 0 Å². The number of hydrogen-bond acceptors (Lipinski definition) is 1. The molecule has 0 heterocycles. The Morgan fingerprint density at radius 3 is 2.19 bits per heavy atom. The molecule has 0 aromatic heterocycles. The van der Waals surface area contributed by atoms with Crippen LogP contribution >= 0.6 is 0 Å². The van der Waals surface area contributed by atoms with Crippen molar-refractivity contribution in [1.29, 1.82) is 5.26 Å². The molecule has 2 saturated carbocycles. The summed E-state index contributed by atoms with van der Waals surface area (Å²) in [6.45, 7) is 4.66. The van der Waals surface area contributed by atoms with Crippen molar-refractivity contribution < 1.29 is 0 Å². The molecular formula is C26H39N. The van der Waals surface area contributed by atoms with Gasteiger partial charge in [-0.15, -0.1) is 0 Å². The lowest BCUT2D eigenvalue weighted by Crippen LogP contribution is -2.27. The highest BCUT2D eigenvalue weighted by molar-refractivity contribution is 5.39. The molecule has 2 fully saturated rings. The van der Waals surface area contributed by atoms with Crippen LogP contribution in [0.25, 0.3) is 0 Å². The van der Waals surface area contributed by atoms with Crippen molar-refractivity contribution in [2.75, 3.05) is 0 Å². The average molecular weight is 366 g/mol. The van der Waals surface area contributed by atoms with Gasteiger partial charge in [0, 0.05) is 0 Å². The first-order valence-electron chi connectivity index (χ1n) is 11.7. The number of nitriles is 1. The summed E-state index contributed by atoms with van der Waals surface area (Å²) in [6.07, 6.45) is 17.3. The first kappa shape index (κ1) is 20.4. The lowest BCUT2D eigenvalue weighted by atomic mass is 9.66. The van der Waals surface area contributed by atoms with Crippen LogP contribution in [-0.2, 0) is 0 Å². The van der Waals surface area contributed by atoms with Crippen molar-refractivity contribution in [2.45, 2.75) is 96.8 Å². The van der Waals surface area contributed by atoms with Gasteiger partial charge < -0.3 is 0 Å². The van der Waals surface area contributed by atoms with E-state index in [1.807, 2.05) is 12.1 Å². The van der Waals surface area contributed by atoms with E-state index < -0.39 is 0 Å². The zero-order valence-electron chi connectivity index (χ0n) is 17.6. The minimum absolute atomic E-state index is 0.524. The SMILES string of the molecule is CCCCCC1CCC(C2CCC(C(C)c3ccccc3C#N)CC2)CC1. The third-order valence-corrected chi connectivity index (χ3v) is 7.87. The van der Waals surface area contributed by atoms with Gasteiger partial charge >= 0.3 is 0 Å². The van der Waals surface area contributed by atoms with Crippen LogP contribution in [0.4, 0.5) is 0 Å². The molecule has 27 heavy (non-hydrogen) atoms. The first-order valence-corrected chi connectivity index (χ1v) is 11.7. The van der Waals surface area contributed by atoms with Crippen LogP contribution in [0.15, 0.2) is 24.3 Å². The van der Waals surface area contributed by atoms with Crippen LogP contribution in [0.3, 0.4) is 0 Å². The maximum Gasteiger partial charge on any atom is 0.0994 e. The van der Waals surface area contributed by atoms with Crippen LogP contribution in [-0.4, -0.2) is 0 Å². The molecule has 3 rings (SSSR count). The number of unbranched alkanes of at least 4 members (excludes halogenated alkanes) is 2. The molecular weight excluding hydrogens is 326 g/mol. The third kappa shape index (κ3) is 5.37. The van der Waals surface area contributed by atoms with Crippen LogP contribution in [0.5, 0.6) is 0 Å². The van der Waals surface area contributed by atoms with Gasteiger partial charge in [-0.05, 0) is 79.7 Å². The van der Waals surface area contributed by atoms with E-state index in [4.69, 9.17) is 0 Å². The summed E-state index contributed by atoms with van der Waals surface area (Å²) in [7, 11) is 0. The van der Waals surface area contributed by atoms with E-state index in [1.54, 1.807) is 0 Å². The minimum atomic E-state index is 0.524. The lowest BCUT2D eigenvalue weighted by Gasteiger charge is -2.39. The summed E-state index contributed by atoms with van der Waals surface area (Å²) in [6, 6.07) is 10.6. The highest BCUT2D eigenvalue weighted by atomic mass is 14.4. The molecule has 148 valence electrons. The van der Waals surface area contributed by atoms with Gasteiger partial charge in [-0.3, -0.25) is 0 Å². The Kier molecular flexibility index (Phi) is 7.81. The molecule has 1 aromatic rings. The molecule has 1 aromatic carbocycles. The quantitative estimate of drug-likeness (QED) is 0.451. The van der Waals surface area contributed by atoms with Crippen LogP contribution in [0.2, 0.25) is 0 Å². The zero-order chi connectivity index (χ0) is 19.1.